The molecule has 0 aliphatic carbocycles. The Kier molecular flexibility index (Phi) is 5.61. The molecule has 0 unspecified atom stereocenters. The summed E-state index contributed by atoms with van der Waals surface area (Å²) in [5.41, 5.74) is 4.14. The summed E-state index contributed by atoms with van der Waals surface area (Å²) in [6, 6.07) is 12.0. The van der Waals surface area contributed by atoms with Gasteiger partial charge in [0.15, 0.2) is 0 Å². The van der Waals surface area contributed by atoms with E-state index in [1.165, 1.54) is 0 Å². The molecule has 0 fully saturated rings. The first-order valence-electron chi connectivity index (χ1n) is 7.99. The first-order chi connectivity index (χ1) is 12.8. The van der Waals surface area contributed by atoms with Crippen LogP contribution in [-0.2, 0) is 0 Å². The van der Waals surface area contributed by atoms with Gasteiger partial charge in [0.1, 0.15) is 0 Å². The fourth-order valence-corrected chi connectivity index (χ4v) is 3.51. The number of carbonyl (C=O) groups is 1. The maximum atomic E-state index is 11.4. The normalized spacial score (nSPS) is 11.3. The second kappa shape index (κ2) is 7.77. The molecule has 1 N–H and O–H groups in total. The fraction of sp³-hybridized carbons (Fsp3) is 0.100. The molecule has 3 aromatic rings. The molecule has 0 radical (unpaired) electrons. The summed E-state index contributed by atoms with van der Waals surface area (Å²) in [6.45, 7) is 3.88. The minimum atomic E-state index is -1.07. The summed E-state index contributed by atoms with van der Waals surface area (Å²) in [7, 11) is 0. The molecule has 2 aromatic carbocycles. The summed E-state index contributed by atoms with van der Waals surface area (Å²) in [6.07, 6.45) is 1.72. The number of halogens is 3. The predicted octanol–water partition coefficient (Wildman–Crippen LogP) is 6.50. The van der Waals surface area contributed by atoms with Crippen LogP contribution in [0, 0.1) is 13.8 Å². The molecule has 0 atom stereocenters. The second-order valence-electron chi connectivity index (χ2n) is 5.99. The first-order valence-corrected chi connectivity index (χ1v) is 9.12. The SMILES string of the molecule is Cc1cc(C=Nc2ccc(Cl)cc2Cl)c(C)n1-c1ccc(Cl)c(C(=O)O)c1. The van der Waals surface area contributed by atoms with E-state index in [4.69, 9.17) is 34.8 Å². The van der Waals surface area contributed by atoms with Crippen molar-refractivity contribution in [1.82, 2.24) is 4.57 Å². The molecular formula is C20H15Cl3N2O2. The lowest BCUT2D eigenvalue weighted by atomic mass is 10.2. The first kappa shape index (κ1) is 19.5. The van der Waals surface area contributed by atoms with E-state index < -0.39 is 5.97 Å². The molecule has 0 spiro atoms. The van der Waals surface area contributed by atoms with Gasteiger partial charge in [-0.15, -0.1) is 0 Å². The average molecular weight is 422 g/mol. The number of carboxylic acids is 1. The zero-order valence-corrected chi connectivity index (χ0v) is 16.8. The largest absolute Gasteiger partial charge is 0.478 e. The number of aromatic carboxylic acids is 1. The van der Waals surface area contributed by atoms with Crippen LogP contribution in [0.25, 0.3) is 5.69 Å². The van der Waals surface area contributed by atoms with Gasteiger partial charge in [-0.3, -0.25) is 4.99 Å². The lowest BCUT2D eigenvalue weighted by Gasteiger charge is -2.11. The van der Waals surface area contributed by atoms with Crippen molar-refractivity contribution in [2.45, 2.75) is 13.8 Å². The lowest BCUT2D eigenvalue weighted by molar-refractivity contribution is 0.0697. The third-order valence-electron chi connectivity index (χ3n) is 4.16. The van der Waals surface area contributed by atoms with E-state index in [0.717, 1.165) is 22.6 Å². The molecule has 0 bridgehead atoms. The standard InChI is InChI=1S/C20H15Cl3N2O2/c1-11-7-13(10-24-19-6-3-14(21)8-18(19)23)12(2)25(11)15-4-5-17(22)16(9-15)20(26)27/h3-10H,1-2H3,(H,26,27). The number of aromatic nitrogens is 1. The highest BCUT2D eigenvalue weighted by molar-refractivity contribution is 6.36. The maximum Gasteiger partial charge on any atom is 0.337 e. The zero-order chi connectivity index (χ0) is 19.7. The van der Waals surface area contributed by atoms with E-state index in [-0.39, 0.29) is 10.6 Å². The van der Waals surface area contributed by atoms with E-state index in [1.54, 1.807) is 42.6 Å². The molecule has 0 saturated heterocycles. The van der Waals surface area contributed by atoms with Gasteiger partial charge in [-0.1, -0.05) is 34.8 Å². The number of rotatable bonds is 4. The Morgan fingerprint density at radius 3 is 2.44 bits per heavy atom. The van der Waals surface area contributed by atoms with Crippen LogP contribution in [-0.4, -0.2) is 21.9 Å². The Hall–Kier alpha value is -2.27. The molecule has 1 heterocycles. The molecule has 0 aliphatic rings. The highest BCUT2D eigenvalue weighted by Crippen LogP contribution is 2.29. The van der Waals surface area contributed by atoms with Crippen LogP contribution < -0.4 is 0 Å². The van der Waals surface area contributed by atoms with E-state index in [2.05, 4.69) is 4.99 Å². The van der Waals surface area contributed by atoms with Crippen molar-refractivity contribution in [2.24, 2.45) is 4.99 Å². The Balaban J connectivity index is 2.02. The van der Waals surface area contributed by atoms with Crippen LogP contribution in [0.15, 0.2) is 47.5 Å². The topological polar surface area (TPSA) is 54.6 Å². The van der Waals surface area contributed by atoms with E-state index >= 15 is 0 Å². The van der Waals surface area contributed by atoms with Crippen LogP contribution in [0.3, 0.4) is 0 Å². The van der Waals surface area contributed by atoms with Crippen molar-refractivity contribution in [3.63, 3.8) is 0 Å². The minimum absolute atomic E-state index is 0.0600. The molecule has 0 saturated carbocycles. The van der Waals surface area contributed by atoms with Gasteiger partial charge in [-0.25, -0.2) is 4.79 Å². The Morgan fingerprint density at radius 2 is 1.78 bits per heavy atom. The minimum Gasteiger partial charge on any atom is -0.478 e. The molecule has 27 heavy (non-hydrogen) atoms. The number of nitrogens with zero attached hydrogens (tertiary/aromatic N) is 2. The van der Waals surface area contributed by atoms with Gasteiger partial charge >= 0.3 is 5.97 Å². The quantitative estimate of drug-likeness (QED) is 0.489. The van der Waals surface area contributed by atoms with Gasteiger partial charge in [0.25, 0.3) is 0 Å². The van der Waals surface area contributed by atoms with Crippen LogP contribution in [0.5, 0.6) is 0 Å². The number of hydrogen-bond donors (Lipinski definition) is 1. The van der Waals surface area contributed by atoms with Gasteiger partial charge in [0.05, 0.1) is 21.3 Å². The molecule has 3 rings (SSSR count). The number of aryl methyl sites for hydroxylation is 1. The predicted molar refractivity (Wildman–Crippen MR) is 111 cm³/mol. The third kappa shape index (κ3) is 4.03. The summed E-state index contributed by atoms with van der Waals surface area (Å²) in [5, 5.41) is 10.5. The van der Waals surface area contributed by atoms with Crippen LogP contribution in [0.4, 0.5) is 5.69 Å². The van der Waals surface area contributed by atoms with Crippen molar-refractivity contribution in [3.8, 4) is 5.69 Å². The van der Waals surface area contributed by atoms with Crippen LogP contribution >= 0.6 is 34.8 Å². The lowest BCUT2D eigenvalue weighted by Crippen LogP contribution is -2.03. The molecular weight excluding hydrogens is 407 g/mol. The zero-order valence-electron chi connectivity index (χ0n) is 14.5. The summed E-state index contributed by atoms with van der Waals surface area (Å²) < 4.78 is 1.95. The molecule has 1 aromatic heterocycles. The number of aliphatic imine (C=N–C) groups is 1. The van der Waals surface area contributed by atoms with E-state index in [0.29, 0.717) is 15.7 Å². The summed E-state index contributed by atoms with van der Waals surface area (Å²) in [4.78, 5) is 15.8. The number of benzene rings is 2. The number of hydrogen-bond acceptors (Lipinski definition) is 2. The molecule has 0 aliphatic heterocycles. The van der Waals surface area contributed by atoms with Gasteiger partial charge in [-0.2, -0.15) is 0 Å². The highest BCUT2D eigenvalue weighted by atomic mass is 35.5. The van der Waals surface area contributed by atoms with Crippen molar-refractivity contribution >= 4 is 52.7 Å². The van der Waals surface area contributed by atoms with Crippen molar-refractivity contribution in [1.29, 1.82) is 0 Å². The van der Waals surface area contributed by atoms with Gasteiger partial charge in [0.2, 0.25) is 0 Å². The summed E-state index contributed by atoms with van der Waals surface area (Å²) >= 11 is 18.0. The van der Waals surface area contributed by atoms with Gasteiger partial charge < -0.3 is 9.67 Å². The number of carboxylic acid groups (broad SMARTS) is 1. The molecule has 7 heteroatoms. The Bertz CT molecular complexity index is 1070. The average Bonchev–Trinajstić information content (AvgIpc) is 2.88. The van der Waals surface area contributed by atoms with E-state index in [9.17, 15) is 9.90 Å². The van der Waals surface area contributed by atoms with Crippen molar-refractivity contribution < 1.29 is 9.90 Å². The monoisotopic (exact) mass is 420 g/mol. The third-order valence-corrected chi connectivity index (χ3v) is 5.03. The van der Waals surface area contributed by atoms with Gasteiger partial charge in [-0.05, 0) is 56.3 Å². The Morgan fingerprint density at radius 1 is 1.04 bits per heavy atom. The highest BCUT2D eigenvalue weighted by Gasteiger charge is 2.14. The van der Waals surface area contributed by atoms with Gasteiger partial charge in [0, 0.05) is 33.9 Å². The van der Waals surface area contributed by atoms with E-state index in [1.807, 2.05) is 24.5 Å². The fourth-order valence-electron chi connectivity index (χ4n) is 2.86. The maximum absolute atomic E-state index is 11.4. The van der Waals surface area contributed by atoms with Crippen LogP contribution in [0.2, 0.25) is 15.1 Å². The second-order valence-corrected chi connectivity index (χ2v) is 7.24. The molecule has 0 amide bonds. The molecule has 4 nitrogen and oxygen atoms in total. The Labute approximate surface area is 171 Å². The van der Waals surface area contributed by atoms with Crippen molar-refractivity contribution in [2.75, 3.05) is 0 Å². The smallest absolute Gasteiger partial charge is 0.337 e. The summed E-state index contributed by atoms with van der Waals surface area (Å²) in [5.74, 6) is -1.07. The van der Waals surface area contributed by atoms with Crippen LogP contribution in [0.1, 0.15) is 27.3 Å². The molecule has 138 valence electrons. The van der Waals surface area contributed by atoms with Crippen molar-refractivity contribution in [3.05, 3.63) is 80.0 Å².